The predicted octanol–water partition coefficient (Wildman–Crippen LogP) is 3.04. The van der Waals surface area contributed by atoms with Crippen LogP contribution < -0.4 is 0 Å². The molecule has 0 fully saturated rings. The number of phenolic OH excluding ortho intramolecular Hbond substituents is 1. The van der Waals surface area contributed by atoms with Gasteiger partial charge in [-0.2, -0.15) is 0 Å². The molecule has 0 unspecified atom stereocenters. The van der Waals surface area contributed by atoms with Crippen LogP contribution in [0.2, 0.25) is 0 Å². The Kier molecular flexibility index (Phi) is 4.61. The Hall–Kier alpha value is -1.95. The molecule has 19 heavy (non-hydrogen) atoms. The molecule has 0 aromatic heterocycles. The van der Waals surface area contributed by atoms with E-state index in [4.69, 9.17) is 11.2 Å². The highest BCUT2D eigenvalue weighted by Crippen LogP contribution is 2.34. The Labute approximate surface area is 114 Å². The normalized spacial score (nSPS) is 10.9. The number of carbonyl (C=O) groups is 1. The van der Waals surface area contributed by atoms with Gasteiger partial charge in [0.05, 0.1) is 0 Å². The van der Waals surface area contributed by atoms with Crippen molar-refractivity contribution in [2.24, 2.45) is 0 Å². The molecule has 0 heterocycles. The van der Waals surface area contributed by atoms with Gasteiger partial charge in [-0.15, -0.1) is 6.42 Å². The number of ether oxygens (including phenoxy) is 1. The van der Waals surface area contributed by atoms with E-state index in [1.165, 1.54) is 0 Å². The Morgan fingerprint density at radius 3 is 2.53 bits per heavy atom. The minimum Gasteiger partial charge on any atom is -0.507 e. The smallest absolute Gasteiger partial charge is 0.342 e. The molecule has 0 atom stereocenters. The third-order valence-electron chi connectivity index (χ3n) is 2.89. The van der Waals surface area contributed by atoms with Crippen molar-refractivity contribution in [3.05, 3.63) is 28.8 Å². The summed E-state index contributed by atoms with van der Waals surface area (Å²) in [5.41, 5.74) is 1.64. The zero-order chi connectivity index (χ0) is 14.6. The lowest BCUT2D eigenvalue weighted by molar-refractivity contribution is 0.0553. The van der Waals surface area contributed by atoms with Crippen LogP contribution in [0.5, 0.6) is 5.75 Å². The maximum Gasteiger partial charge on any atom is 0.342 e. The number of carbonyl (C=O) groups excluding carboxylic acids is 1. The summed E-state index contributed by atoms with van der Waals surface area (Å²) in [7, 11) is 0. The SMILES string of the molecule is C#CCOC(=O)c1cc(CC)cc(C(C)(C)C)c1O. The van der Waals surface area contributed by atoms with Gasteiger partial charge >= 0.3 is 5.97 Å². The summed E-state index contributed by atoms with van der Waals surface area (Å²) >= 11 is 0. The van der Waals surface area contributed by atoms with Gasteiger partial charge in [0.1, 0.15) is 11.3 Å². The van der Waals surface area contributed by atoms with Gasteiger partial charge in [-0.25, -0.2) is 4.79 Å². The second-order valence-corrected chi connectivity index (χ2v) is 5.42. The van der Waals surface area contributed by atoms with Gasteiger partial charge in [0.15, 0.2) is 6.61 Å². The minimum atomic E-state index is -0.587. The number of aryl methyl sites for hydroxylation is 1. The summed E-state index contributed by atoms with van der Waals surface area (Å²) in [6.45, 7) is 7.85. The number of hydrogen-bond donors (Lipinski definition) is 1. The first-order chi connectivity index (χ1) is 8.81. The second kappa shape index (κ2) is 5.79. The van der Waals surface area contributed by atoms with Crippen LogP contribution in [0.4, 0.5) is 0 Å². The highest BCUT2D eigenvalue weighted by Gasteiger charge is 2.24. The minimum absolute atomic E-state index is 0.0216. The van der Waals surface area contributed by atoms with E-state index in [2.05, 4.69) is 5.92 Å². The van der Waals surface area contributed by atoms with Crippen molar-refractivity contribution in [2.75, 3.05) is 6.61 Å². The number of aromatic hydroxyl groups is 1. The lowest BCUT2D eigenvalue weighted by Gasteiger charge is -2.22. The fourth-order valence-corrected chi connectivity index (χ4v) is 1.81. The molecular weight excluding hydrogens is 240 g/mol. The molecule has 0 saturated heterocycles. The summed E-state index contributed by atoms with van der Waals surface area (Å²) < 4.78 is 4.89. The Balaban J connectivity index is 3.32. The number of rotatable bonds is 3. The highest BCUT2D eigenvalue weighted by molar-refractivity contribution is 5.93. The van der Waals surface area contributed by atoms with Crippen LogP contribution >= 0.6 is 0 Å². The summed E-state index contributed by atoms with van der Waals surface area (Å²) in [5, 5.41) is 10.3. The topological polar surface area (TPSA) is 46.5 Å². The standard InChI is InChI=1S/C16H20O3/c1-6-8-19-15(18)12-9-11(7-2)10-13(14(12)17)16(3,4)5/h1,9-10,17H,7-8H2,2-5H3. The van der Waals surface area contributed by atoms with E-state index >= 15 is 0 Å². The van der Waals surface area contributed by atoms with Crippen LogP contribution in [0, 0.1) is 12.3 Å². The van der Waals surface area contributed by atoms with Gasteiger partial charge in [0, 0.05) is 5.56 Å². The fraction of sp³-hybridized carbons (Fsp3) is 0.438. The molecule has 0 bridgehead atoms. The molecule has 0 spiro atoms. The van der Waals surface area contributed by atoms with Crippen LogP contribution in [-0.2, 0) is 16.6 Å². The van der Waals surface area contributed by atoms with Crippen LogP contribution in [0.3, 0.4) is 0 Å². The maximum atomic E-state index is 11.9. The molecule has 102 valence electrons. The largest absolute Gasteiger partial charge is 0.507 e. The number of benzene rings is 1. The van der Waals surface area contributed by atoms with Crippen molar-refractivity contribution in [3.63, 3.8) is 0 Å². The van der Waals surface area contributed by atoms with E-state index in [0.717, 1.165) is 17.5 Å². The molecule has 1 N–H and O–H groups in total. The molecule has 0 saturated carbocycles. The summed E-state index contributed by atoms with van der Waals surface area (Å²) in [6.07, 6.45) is 5.84. The third kappa shape index (κ3) is 3.51. The number of phenols is 1. The molecule has 1 aromatic carbocycles. The number of esters is 1. The molecule has 0 aliphatic rings. The molecule has 3 heteroatoms. The van der Waals surface area contributed by atoms with Crippen LogP contribution in [0.1, 0.15) is 49.2 Å². The van der Waals surface area contributed by atoms with E-state index in [1.54, 1.807) is 6.07 Å². The molecule has 3 nitrogen and oxygen atoms in total. The van der Waals surface area contributed by atoms with E-state index in [9.17, 15) is 9.90 Å². The number of terminal acetylenes is 1. The van der Waals surface area contributed by atoms with Gasteiger partial charge in [0.25, 0.3) is 0 Å². The summed E-state index contributed by atoms with van der Waals surface area (Å²) in [5.74, 6) is 1.63. The van der Waals surface area contributed by atoms with Gasteiger partial charge in [0.2, 0.25) is 0 Å². The average Bonchev–Trinajstić information content (AvgIpc) is 2.34. The first-order valence-electron chi connectivity index (χ1n) is 6.28. The van der Waals surface area contributed by atoms with Crippen molar-refractivity contribution in [1.29, 1.82) is 0 Å². The molecule has 1 aromatic rings. The predicted molar refractivity (Wildman–Crippen MR) is 75.3 cm³/mol. The summed E-state index contributed by atoms with van der Waals surface area (Å²) in [4.78, 5) is 11.9. The third-order valence-corrected chi connectivity index (χ3v) is 2.89. The molecule has 0 aliphatic carbocycles. The average molecular weight is 260 g/mol. The Morgan fingerprint density at radius 1 is 1.42 bits per heavy atom. The quantitative estimate of drug-likeness (QED) is 0.671. The molecule has 0 amide bonds. The zero-order valence-electron chi connectivity index (χ0n) is 11.9. The van der Waals surface area contributed by atoms with Crippen molar-refractivity contribution in [1.82, 2.24) is 0 Å². The van der Waals surface area contributed by atoms with Crippen LogP contribution in [0.25, 0.3) is 0 Å². The molecule has 0 aliphatic heterocycles. The van der Waals surface area contributed by atoms with E-state index < -0.39 is 5.97 Å². The first kappa shape index (κ1) is 15.1. The van der Waals surface area contributed by atoms with Crippen molar-refractivity contribution < 1.29 is 14.6 Å². The van der Waals surface area contributed by atoms with Gasteiger partial charge in [-0.05, 0) is 23.5 Å². The zero-order valence-corrected chi connectivity index (χ0v) is 11.9. The van der Waals surface area contributed by atoms with Crippen molar-refractivity contribution in [2.45, 2.75) is 39.5 Å². The van der Waals surface area contributed by atoms with E-state index in [-0.39, 0.29) is 23.3 Å². The van der Waals surface area contributed by atoms with E-state index in [0.29, 0.717) is 0 Å². The van der Waals surface area contributed by atoms with E-state index in [1.807, 2.05) is 33.8 Å². The van der Waals surface area contributed by atoms with Gasteiger partial charge < -0.3 is 9.84 Å². The Bertz CT molecular complexity index is 516. The first-order valence-corrected chi connectivity index (χ1v) is 6.28. The second-order valence-electron chi connectivity index (χ2n) is 5.42. The lowest BCUT2D eigenvalue weighted by atomic mass is 9.83. The lowest BCUT2D eigenvalue weighted by Crippen LogP contribution is -2.15. The van der Waals surface area contributed by atoms with Gasteiger partial charge in [-0.3, -0.25) is 0 Å². The van der Waals surface area contributed by atoms with Crippen molar-refractivity contribution in [3.8, 4) is 18.1 Å². The van der Waals surface area contributed by atoms with Crippen molar-refractivity contribution >= 4 is 5.97 Å². The fourth-order valence-electron chi connectivity index (χ4n) is 1.81. The van der Waals surface area contributed by atoms with Gasteiger partial charge in [-0.1, -0.05) is 39.7 Å². The Morgan fingerprint density at radius 2 is 2.05 bits per heavy atom. The maximum absolute atomic E-state index is 11.9. The summed E-state index contributed by atoms with van der Waals surface area (Å²) in [6, 6.07) is 3.58. The highest BCUT2D eigenvalue weighted by atomic mass is 16.5. The molecule has 1 rings (SSSR count). The monoisotopic (exact) mass is 260 g/mol. The molecular formula is C16H20O3. The van der Waals surface area contributed by atoms with Crippen LogP contribution in [0.15, 0.2) is 12.1 Å². The molecule has 0 radical (unpaired) electrons. The van der Waals surface area contributed by atoms with Crippen LogP contribution in [-0.4, -0.2) is 17.7 Å². The number of hydrogen-bond acceptors (Lipinski definition) is 3.